The maximum absolute atomic E-state index is 12.7. The molecule has 2 aromatic heterocycles. The molecule has 2 rings (SSSR count). The molecule has 0 radical (unpaired) electrons. The highest BCUT2D eigenvalue weighted by Crippen LogP contribution is 2.34. The predicted molar refractivity (Wildman–Crippen MR) is 124 cm³/mol. The second kappa shape index (κ2) is 10.8. The molecular formula is C21H30N4O4S2. The van der Waals surface area contributed by atoms with E-state index >= 15 is 0 Å². The number of aryl methyl sites for hydroxylation is 1. The zero-order chi connectivity index (χ0) is 23.3. The smallest absolute Gasteiger partial charge is 0.341 e. The van der Waals surface area contributed by atoms with Gasteiger partial charge in [-0.2, -0.15) is 0 Å². The highest BCUT2D eigenvalue weighted by Gasteiger charge is 2.26. The Morgan fingerprint density at radius 1 is 1.23 bits per heavy atom. The van der Waals surface area contributed by atoms with Gasteiger partial charge < -0.3 is 19.9 Å². The van der Waals surface area contributed by atoms with Crippen LogP contribution in [0.3, 0.4) is 0 Å². The summed E-state index contributed by atoms with van der Waals surface area (Å²) in [5.41, 5.74) is 2.74. The number of hydrogen-bond acceptors (Lipinski definition) is 7. The van der Waals surface area contributed by atoms with E-state index in [4.69, 9.17) is 4.74 Å². The van der Waals surface area contributed by atoms with Crippen LogP contribution >= 0.6 is 23.1 Å². The van der Waals surface area contributed by atoms with Crippen molar-refractivity contribution in [1.82, 2.24) is 14.9 Å². The number of hydrogen-bond donors (Lipinski definition) is 2. The third-order valence-electron chi connectivity index (χ3n) is 4.62. The van der Waals surface area contributed by atoms with Crippen LogP contribution in [0.15, 0.2) is 5.16 Å². The van der Waals surface area contributed by atoms with E-state index in [2.05, 4.69) is 34.0 Å². The second-order valence-corrected chi connectivity index (χ2v) is 9.43. The number of carbonyl (C=O) groups is 3. The average Bonchev–Trinajstić information content (AvgIpc) is 3.16. The molecule has 0 aliphatic rings. The summed E-state index contributed by atoms with van der Waals surface area (Å²) in [6.07, 6.45) is 0. The molecular weight excluding hydrogens is 436 g/mol. The minimum absolute atomic E-state index is 0.127. The third kappa shape index (κ3) is 5.88. The lowest BCUT2D eigenvalue weighted by Crippen LogP contribution is -2.18. The molecule has 0 aliphatic carbocycles. The number of ether oxygens (including phenoxy) is 1. The topological polar surface area (TPSA) is 102 Å². The molecule has 0 atom stereocenters. The zero-order valence-electron chi connectivity index (χ0n) is 19.0. The molecule has 0 fully saturated rings. The number of anilines is 1. The lowest BCUT2D eigenvalue weighted by atomic mass is 10.1. The number of thioether (sulfide) groups is 1. The van der Waals surface area contributed by atoms with Gasteiger partial charge in [-0.15, -0.1) is 11.3 Å². The van der Waals surface area contributed by atoms with Crippen LogP contribution in [0.5, 0.6) is 0 Å². The molecule has 0 saturated carbocycles. The van der Waals surface area contributed by atoms with E-state index in [0.717, 1.165) is 34.4 Å². The van der Waals surface area contributed by atoms with Gasteiger partial charge in [0.15, 0.2) is 5.16 Å². The number of aromatic nitrogens is 2. The van der Waals surface area contributed by atoms with Crippen LogP contribution in [0.2, 0.25) is 0 Å². The minimum atomic E-state index is -0.562. The maximum Gasteiger partial charge on any atom is 0.341 e. The van der Waals surface area contributed by atoms with Crippen molar-refractivity contribution < 1.29 is 19.1 Å². The largest absolute Gasteiger partial charge is 0.462 e. The first-order valence-corrected chi connectivity index (χ1v) is 11.9. The van der Waals surface area contributed by atoms with Gasteiger partial charge in [0.05, 0.1) is 28.5 Å². The summed E-state index contributed by atoms with van der Waals surface area (Å²) in [5, 5.41) is 6.44. The Bertz CT molecular complexity index is 979. The van der Waals surface area contributed by atoms with Crippen molar-refractivity contribution in [3.8, 4) is 0 Å². The number of nitrogens with zero attached hydrogens (tertiary/aromatic N) is 2. The molecule has 0 spiro atoms. The monoisotopic (exact) mass is 466 g/mol. The van der Waals surface area contributed by atoms with Crippen LogP contribution in [-0.2, 0) is 16.1 Å². The molecule has 31 heavy (non-hydrogen) atoms. The van der Waals surface area contributed by atoms with Crippen LogP contribution < -0.4 is 10.6 Å². The van der Waals surface area contributed by atoms with Crippen LogP contribution in [0.4, 0.5) is 5.00 Å². The number of nitrogens with one attached hydrogen (secondary N) is 2. The lowest BCUT2D eigenvalue weighted by Gasteiger charge is -2.12. The van der Waals surface area contributed by atoms with E-state index in [1.165, 1.54) is 18.8 Å². The summed E-state index contributed by atoms with van der Waals surface area (Å²) in [5.74, 6) is -0.583. The summed E-state index contributed by atoms with van der Waals surface area (Å²) in [7, 11) is 1.52. The molecule has 2 amide bonds. The van der Waals surface area contributed by atoms with Crippen LogP contribution in [0.1, 0.15) is 57.8 Å². The van der Waals surface area contributed by atoms with E-state index in [0.29, 0.717) is 21.4 Å². The Balaban J connectivity index is 2.22. The van der Waals surface area contributed by atoms with E-state index < -0.39 is 5.97 Å². The summed E-state index contributed by atoms with van der Waals surface area (Å²) in [4.78, 5) is 42.2. The van der Waals surface area contributed by atoms with Crippen molar-refractivity contribution in [3.63, 3.8) is 0 Å². The summed E-state index contributed by atoms with van der Waals surface area (Å²) in [6, 6.07) is 0. The fourth-order valence-corrected chi connectivity index (χ4v) is 5.05. The molecule has 2 N–H and O–H groups in total. The van der Waals surface area contributed by atoms with Gasteiger partial charge in [-0.05, 0) is 39.2 Å². The number of carbonyl (C=O) groups excluding carboxylic acids is 3. The van der Waals surface area contributed by atoms with Gasteiger partial charge in [-0.1, -0.05) is 25.6 Å². The first kappa shape index (κ1) is 24.9. The number of amides is 2. The molecule has 0 bridgehead atoms. The normalized spacial score (nSPS) is 11.0. The molecule has 0 aromatic carbocycles. The molecule has 10 heteroatoms. The fourth-order valence-electron chi connectivity index (χ4n) is 2.99. The van der Waals surface area contributed by atoms with E-state index in [1.54, 1.807) is 13.8 Å². The molecule has 170 valence electrons. The van der Waals surface area contributed by atoms with Gasteiger partial charge in [-0.25, -0.2) is 9.78 Å². The van der Waals surface area contributed by atoms with Crippen LogP contribution in [-0.4, -0.2) is 46.7 Å². The SMILES string of the molecule is CCOC(=O)c1c(NC(=O)CSc2nc(C)c(C)n2CC(C)C)sc(C(=O)NC)c1C. The molecule has 2 heterocycles. The van der Waals surface area contributed by atoms with Gasteiger partial charge in [0.2, 0.25) is 5.91 Å². The quantitative estimate of drug-likeness (QED) is 0.431. The van der Waals surface area contributed by atoms with Crippen molar-refractivity contribution in [1.29, 1.82) is 0 Å². The summed E-state index contributed by atoms with van der Waals surface area (Å²) < 4.78 is 7.25. The van der Waals surface area contributed by atoms with Gasteiger partial charge >= 0.3 is 5.97 Å². The minimum Gasteiger partial charge on any atom is -0.462 e. The van der Waals surface area contributed by atoms with Crippen molar-refractivity contribution in [2.24, 2.45) is 5.92 Å². The fraction of sp³-hybridized carbons (Fsp3) is 0.524. The Morgan fingerprint density at radius 3 is 2.48 bits per heavy atom. The number of rotatable bonds is 9. The lowest BCUT2D eigenvalue weighted by molar-refractivity contribution is -0.113. The molecule has 8 nitrogen and oxygen atoms in total. The Kier molecular flexibility index (Phi) is 8.69. The zero-order valence-corrected chi connectivity index (χ0v) is 20.7. The van der Waals surface area contributed by atoms with Crippen LogP contribution in [0.25, 0.3) is 0 Å². The Labute approximate surface area is 191 Å². The predicted octanol–water partition coefficient (Wildman–Crippen LogP) is 3.79. The summed E-state index contributed by atoms with van der Waals surface area (Å²) in [6.45, 7) is 12.6. The first-order chi connectivity index (χ1) is 14.6. The molecule has 2 aromatic rings. The highest BCUT2D eigenvalue weighted by atomic mass is 32.2. The summed E-state index contributed by atoms with van der Waals surface area (Å²) >= 11 is 2.41. The van der Waals surface area contributed by atoms with Gasteiger partial charge in [-0.3, -0.25) is 9.59 Å². The maximum atomic E-state index is 12.7. The second-order valence-electron chi connectivity index (χ2n) is 7.47. The van der Waals surface area contributed by atoms with Crippen LogP contribution in [0, 0.1) is 26.7 Å². The van der Waals surface area contributed by atoms with Crippen molar-refractivity contribution in [2.45, 2.75) is 53.2 Å². The average molecular weight is 467 g/mol. The number of imidazole rings is 1. The molecule has 0 unspecified atom stereocenters. The standard InChI is InChI=1S/C21H30N4O4S2/c1-8-29-20(28)16-12(4)17(18(27)22-7)31-19(16)24-15(26)10-30-21-23-13(5)14(6)25(21)9-11(2)3/h11H,8-10H2,1-7H3,(H,22,27)(H,24,26). The van der Waals surface area contributed by atoms with Crippen molar-refractivity contribution in [3.05, 3.63) is 27.4 Å². The van der Waals surface area contributed by atoms with E-state index in [1.807, 2.05) is 13.8 Å². The van der Waals surface area contributed by atoms with E-state index in [9.17, 15) is 14.4 Å². The van der Waals surface area contributed by atoms with Crippen molar-refractivity contribution in [2.75, 3.05) is 24.7 Å². The first-order valence-electron chi connectivity index (χ1n) is 10.1. The Hall–Kier alpha value is -2.33. The highest BCUT2D eigenvalue weighted by molar-refractivity contribution is 7.99. The van der Waals surface area contributed by atoms with Gasteiger partial charge in [0.1, 0.15) is 5.00 Å². The van der Waals surface area contributed by atoms with Gasteiger partial charge in [0, 0.05) is 19.3 Å². The van der Waals surface area contributed by atoms with Crippen molar-refractivity contribution >= 4 is 45.9 Å². The Morgan fingerprint density at radius 2 is 1.90 bits per heavy atom. The number of thiophene rings is 1. The third-order valence-corrected chi connectivity index (χ3v) is 6.80. The molecule has 0 aliphatic heterocycles. The van der Waals surface area contributed by atoms with Gasteiger partial charge in [0.25, 0.3) is 5.91 Å². The van der Waals surface area contributed by atoms with E-state index in [-0.39, 0.29) is 29.7 Å². The molecule has 0 saturated heterocycles. The number of esters is 1.